The number of nitrogens with zero attached hydrogens (tertiary/aromatic N) is 1. The first-order valence-electron chi connectivity index (χ1n) is 7.47. The molecule has 2 aliphatic carbocycles. The summed E-state index contributed by atoms with van der Waals surface area (Å²) in [5, 5.41) is 3.48. The van der Waals surface area contributed by atoms with Crippen LogP contribution in [0.5, 0.6) is 0 Å². The molecule has 5 nitrogen and oxygen atoms in total. The Balaban J connectivity index is 1.87. The van der Waals surface area contributed by atoms with E-state index < -0.39 is 10.0 Å². The van der Waals surface area contributed by atoms with Crippen LogP contribution in [0.3, 0.4) is 0 Å². The minimum absolute atomic E-state index is 0.181. The van der Waals surface area contributed by atoms with Gasteiger partial charge < -0.3 is 11.1 Å². The second-order valence-electron chi connectivity index (χ2n) is 6.43. The number of nitrogen functional groups attached to an aromatic ring is 1. The van der Waals surface area contributed by atoms with Gasteiger partial charge in [0.05, 0.1) is 11.4 Å². The van der Waals surface area contributed by atoms with Crippen LogP contribution in [0, 0.1) is 11.8 Å². The summed E-state index contributed by atoms with van der Waals surface area (Å²) in [4.78, 5) is 0.181. The highest BCUT2D eigenvalue weighted by atomic mass is 32.2. The van der Waals surface area contributed by atoms with Gasteiger partial charge in [0, 0.05) is 20.1 Å². The summed E-state index contributed by atoms with van der Waals surface area (Å²) in [6.45, 7) is 0. The molecule has 21 heavy (non-hydrogen) atoms. The van der Waals surface area contributed by atoms with E-state index in [1.165, 1.54) is 44.1 Å². The number of anilines is 2. The lowest BCUT2D eigenvalue weighted by Crippen LogP contribution is -2.27. The van der Waals surface area contributed by atoms with Gasteiger partial charge in [0.1, 0.15) is 4.90 Å². The summed E-state index contributed by atoms with van der Waals surface area (Å²) in [7, 11) is -0.468. The highest BCUT2D eigenvalue weighted by molar-refractivity contribution is 7.89. The van der Waals surface area contributed by atoms with Crippen molar-refractivity contribution in [2.75, 3.05) is 25.1 Å². The average Bonchev–Trinajstić information content (AvgIpc) is 3.03. The fourth-order valence-electron chi connectivity index (χ4n) is 3.71. The Bertz CT molecular complexity index is 642. The number of benzene rings is 1. The maximum atomic E-state index is 12.3. The van der Waals surface area contributed by atoms with Gasteiger partial charge in [-0.2, -0.15) is 0 Å². The van der Waals surface area contributed by atoms with Gasteiger partial charge in [-0.05, 0) is 43.2 Å². The highest BCUT2D eigenvalue weighted by Gasteiger charge is 2.39. The van der Waals surface area contributed by atoms with Gasteiger partial charge in [0.15, 0.2) is 0 Å². The minimum atomic E-state index is -3.51. The van der Waals surface area contributed by atoms with Gasteiger partial charge in [-0.3, -0.25) is 0 Å². The Hall–Kier alpha value is -1.27. The van der Waals surface area contributed by atoms with Gasteiger partial charge >= 0.3 is 0 Å². The van der Waals surface area contributed by atoms with Crippen molar-refractivity contribution in [2.24, 2.45) is 11.8 Å². The Kier molecular flexibility index (Phi) is 3.61. The molecule has 3 rings (SSSR count). The molecule has 0 heterocycles. The summed E-state index contributed by atoms with van der Waals surface area (Å²) >= 11 is 0. The van der Waals surface area contributed by atoms with Crippen molar-refractivity contribution in [3.05, 3.63) is 18.2 Å². The summed E-state index contributed by atoms with van der Waals surface area (Å²) < 4.78 is 25.8. The Morgan fingerprint density at radius 1 is 1.24 bits per heavy atom. The monoisotopic (exact) mass is 309 g/mol. The molecule has 0 amide bonds. The smallest absolute Gasteiger partial charge is 0.244 e. The largest absolute Gasteiger partial charge is 0.396 e. The molecule has 0 aliphatic heterocycles. The molecule has 1 aromatic rings. The maximum absolute atomic E-state index is 12.3. The predicted molar refractivity (Wildman–Crippen MR) is 84.6 cm³/mol. The lowest BCUT2D eigenvalue weighted by atomic mass is 9.95. The highest BCUT2D eigenvalue weighted by Crippen LogP contribution is 2.46. The van der Waals surface area contributed by atoms with Crippen molar-refractivity contribution in [3.63, 3.8) is 0 Å². The molecule has 3 unspecified atom stereocenters. The van der Waals surface area contributed by atoms with E-state index in [0.717, 1.165) is 11.6 Å². The van der Waals surface area contributed by atoms with Crippen LogP contribution in [0.2, 0.25) is 0 Å². The van der Waals surface area contributed by atoms with Crippen LogP contribution in [0.25, 0.3) is 0 Å². The molecule has 116 valence electrons. The third kappa shape index (κ3) is 2.51. The van der Waals surface area contributed by atoms with Gasteiger partial charge in [0.2, 0.25) is 10.0 Å². The molecule has 3 atom stereocenters. The van der Waals surface area contributed by atoms with Gasteiger partial charge in [-0.1, -0.05) is 12.5 Å². The van der Waals surface area contributed by atoms with Crippen LogP contribution in [0.4, 0.5) is 11.4 Å². The molecular weight excluding hydrogens is 286 g/mol. The van der Waals surface area contributed by atoms with Gasteiger partial charge in [0.25, 0.3) is 0 Å². The van der Waals surface area contributed by atoms with Crippen molar-refractivity contribution in [1.82, 2.24) is 4.31 Å². The zero-order valence-corrected chi connectivity index (χ0v) is 13.4. The number of fused-ring (bicyclic) bond motifs is 2. The maximum Gasteiger partial charge on any atom is 0.244 e. The van der Waals surface area contributed by atoms with E-state index >= 15 is 0 Å². The van der Waals surface area contributed by atoms with E-state index in [4.69, 9.17) is 5.73 Å². The first-order chi connectivity index (χ1) is 9.89. The molecule has 0 radical (unpaired) electrons. The third-order valence-electron chi connectivity index (χ3n) is 4.90. The first-order valence-corrected chi connectivity index (χ1v) is 8.91. The predicted octanol–water partition coefficient (Wildman–Crippen LogP) is 2.12. The topological polar surface area (TPSA) is 75.4 Å². The summed E-state index contributed by atoms with van der Waals surface area (Å²) in [5.74, 6) is 1.55. The molecule has 0 spiro atoms. The van der Waals surface area contributed by atoms with E-state index in [2.05, 4.69) is 5.32 Å². The van der Waals surface area contributed by atoms with Gasteiger partial charge in [-0.15, -0.1) is 0 Å². The molecule has 1 aromatic carbocycles. The lowest BCUT2D eigenvalue weighted by Gasteiger charge is -2.25. The molecule has 6 heteroatoms. The fraction of sp³-hybridized carbons (Fsp3) is 0.600. The Morgan fingerprint density at radius 3 is 2.57 bits per heavy atom. The van der Waals surface area contributed by atoms with E-state index in [0.29, 0.717) is 17.6 Å². The van der Waals surface area contributed by atoms with E-state index in [9.17, 15) is 8.42 Å². The van der Waals surface area contributed by atoms with Crippen LogP contribution >= 0.6 is 0 Å². The standard InChI is InChI=1S/C15H23N3O2S/c1-18(2)21(19,20)14-5-3-4-12(15(14)16)17-13-9-10-6-7-11(13)8-10/h3-5,10-11,13,17H,6-9,16H2,1-2H3. The van der Waals surface area contributed by atoms with Crippen LogP contribution in [0.1, 0.15) is 25.7 Å². The number of rotatable bonds is 4. The molecule has 2 bridgehead atoms. The normalized spacial score (nSPS) is 28.2. The fourth-order valence-corrected chi connectivity index (χ4v) is 4.74. The number of sulfonamides is 1. The summed E-state index contributed by atoms with van der Waals surface area (Å²) in [6, 6.07) is 5.62. The second-order valence-corrected chi connectivity index (χ2v) is 8.55. The van der Waals surface area contributed by atoms with Crippen LogP contribution in [0.15, 0.2) is 23.1 Å². The third-order valence-corrected chi connectivity index (χ3v) is 6.78. The Labute approximate surface area is 126 Å². The zero-order chi connectivity index (χ0) is 15.2. The van der Waals surface area contributed by atoms with E-state index in [1.54, 1.807) is 12.1 Å². The van der Waals surface area contributed by atoms with Crippen LogP contribution < -0.4 is 11.1 Å². The second kappa shape index (κ2) is 5.18. The summed E-state index contributed by atoms with van der Waals surface area (Å²) in [5.41, 5.74) is 7.19. The van der Waals surface area contributed by atoms with Crippen molar-refractivity contribution in [3.8, 4) is 0 Å². The Morgan fingerprint density at radius 2 is 2.00 bits per heavy atom. The lowest BCUT2D eigenvalue weighted by molar-refractivity contribution is 0.440. The molecule has 2 aliphatic rings. The minimum Gasteiger partial charge on any atom is -0.396 e. The van der Waals surface area contributed by atoms with Crippen molar-refractivity contribution < 1.29 is 8.42 Å². The number of para-hydroxylation sites is 1. The molecule has 0 aromatic heterocycles. The quantitative estimate of drug-likeness (QED) is 0.835. The van der Waals surface area contributed by atoms with E-state index in [1.807, 2.05) is 6.07 Å². The van der Waals surface area contributed by atoms with Crippen molar-refractivity contribution in [2.45, 2.75) is 36.6 Å². The number of hydrogen-bond acceptors (Lipinski definition) is 4. The van der Waals surface area contributed by atoms with Crippen molar-refractivity contribution in [1.29, 1.82) is 0 Å². The van der Waals surface area contributed by atoms with Crippen LogP contribution in [-0.4, -0.2) is 32.9 Å². The zero-order valence-electron chi connectivity index (χ0n) is 12.5. The number of nitrogens with one attached hydrogen (secondary N) is 1. The average molecular weight is 309 g/mol. The number of hydrogen-bond donors (Lipinski definition) is 2. The number of nitrogens with two attached hydrogens (primary N) is 1. The SMILES string of the molecule is CN(C)S(=O)(=O)c1cccc(NC2CC3CCC2C3)c1N. The summed E-state index contributed by atoms with van der Waals surface area (Å²) in [6.07, 6.45) is 5.09. The van der Waals surface area contributed by atoms with Crippen molar-refractivity contribution >= 4 is 21.4 Å². The molecule has 3 N–H and O–H groups in total. The molecule has 2 fully saturated rings. The van der Waals surface area contributed by atoms with E-state index in [-0.39, 0.29) is 4.90 Å². The molecule has 0 saturated heterocycles. The van der Waals surface area contributed by atoms with Gasteiger partial charge in [-0.25, -0.2) is 12.7 Å². The molecular formula is C15H23N3O2S. The first kappa shape index (κ1) is 14.7. The molecule has 2 saturated carbocycles. The van der Waals surface area contributed by atoms with Crippen LogP contribution in [-0.2, 0) is 10.0 Å².